The topological polar surface area (TPSA) is 29.5 Å². The molecule has 0 saturated carbocycles. The van der Waals surface area contributed by atoms with Gasteiger partial charge in [0.05, 0.1) is 6.10 Å². The molecule has 0 N–H and O–H groups in total. The Morgan fingerprint density at radius 2 is 2.25 bits per heavy atom. The monoisotopic (exact) mass is 359 g/mol. The van der Waals surface area contributed by atoms with E-state index in [4.69, 9.17) is 16.3 Å². The van der Waals surface area contributed by atoms with Gasteiger partial charge in [-0.05, 0) is 43.9 Å². The zero-order valence-electron chi connectivity index (χ0n) is 11.6. The van der Waals surface area contributed by atoms with E-state index in [2.05, 4.69) is 15.9 Å². The Kier molecular flexibility index (Phi) is 5.87. The molecule has 1 aromatic carbocycles. The number of hydrogen-bond acceptors (Lipinski definition) is 2. The summed E-state index contributed by atoms with van der Waals surface area (Å²) in [6.07, 6.45) is 4.67. The summed E-state index contributed by atoms with van der Waals surface area (Å²) in [4.78, 5) is 14.1. The first-order valence-electron chi connectivity index (χ1n) is 6.89. The van der Waals surface area contributed by atoms with Gasteiger partial charge in [-0.25, -0.2) is 0 Å². The molecule has 1 aliphatic rings. The van der Waals surface area contributed by atoms with Crippen LogP contribution in [0, 0.1) is 0 Å². The van der Waals surface area contributed by atoms with Gasteiger partial charge in [-0.2, -0.15) is 0 Å². The van der Waals surface area contributed by atoms with Crippen LogP contribution in [-0.2, 0) is 4.74 Å². The molecule has 0 bridgehead atoms. The van der Waals surface area contributed by atoms with Crippen molar-refractivity contribution in [3.8, 4) is 0 Å². The van der Waals surface area contributed by atoms with Crippen molar-refractivity contribution in [2.24, 2.45) is 0 Å². The quantitative estimate of drug-likeness (QED) is 0.808. The van der Waals surface area contributed by atoms with Gasteiger partial charge in [0.15, 0.2) is 0 Å². The molecule has 3 nitrogen and oxygen atoms in total. The average molecular weight is 361 g/mol. The summed E-state index contributed by atoms with van der Waals surface area (Å²) in [7, 11) is 1.82. The third kappa shape index (κ3) is 4.47. The van der Waals surface area contributed by atoms with Crippen LogP contribution in [0.3, 0.4) is 0 Å². The van der Waals surface area contributed by atoms with Crippen LogP contribution in [0.25, 0.3) is 0 Å². The molecule has 1 aliphatic heterocycles. The number of halogens is 2. The van der Waals surface area contributed by atoms with Crippen LogP contribution in [-0.4, -0.2) is 37.1 Å². The lowest BCUT2D eigenvalue weighted by Crippen LogP contribution is -2.31. The Hall–Kier alpha value is -0.580. The third-order valence-corrected chi connectivity index (χ3v) is 4.19. The molecule has 1 aromatic rings. The molecule has 1 fully saturated rings. The summed E-state index contributed by atoms with van der Waals surface area (Å²) >= 11 is 9.33. The second-order valence-corrected chi connectivity index (χ2v) is 6.51. The van der Waals surface area contributed by atoms with E-state index in [1.165, 1.54) is 6.42 Å². The van der Waals surface area contributed by atoms with Crippen LogP contribution >= 0.6 is 27.5 Å². The van der Waals surface area contributed by atoms with Crippen molar-refractivity contribution < 1.29 is 9.53 Å². The molecule has 2 rings (SSSR count). The van der Waals surface area contributed by atoms with Crippen LogP contribution < -0.4 is 0 Å². The summed E-state index contributed by atoms with van der Waals surface area (Å²) < 4.78 is 6.50. The molecule has 0 aromatic heterocycles. The van der Waals surface area contributed by atoms with E-state index in [-0.39, 0.29) is 5.91 Å². The highest BCUT2D eigenvalue weighted by molar-refractivity contribution is 9.10. The Balaban J connectivity index is 1.90. The predicted molar refractivity (Wildman–Crippen MR) is 84.3 cm³/mol. The molecule has 20 heavy (non-hydrogen) atoms. The van der Waals surface area contributed by atoms with Crippen LogP contribution in [0.4, 0.5) is 0 Å². The molecular weight excluding hydrogens is 342 g/mol. The van der Waals surface area contributed by atoms with Crippen molar-refractivity contribution in [3.05, 3.63) is 33.3 Å². The van der Waals surface area contributed by atoms with Crippen LogP contribution in [0.2, 0.25) is 5.02 Å². The van der Waals surface area contributed by atoms with Crippen LogP contribution in [0.15, 0.2) is 22.7 Å². The van der Waals surface area contributed by atoms with Crippen molar-refractivity contribution in [1.82, 2.24) is 4.90 Å². The smallest absolute Gasteiger partial charge is 0.253 e. The lowest BCUT2D eigenvalue weighted by Gasteiger charge is -2.25. The maximum Gasteiger partial charge on any atom is 0.253 e. The van der Waals surface area contributed by atoms with E-state index in [0.29, 0.717) is 23.2 Å². The number of amides is 1. The highest BCUT2D eigenvalue weighted by Gasteiger charge is 2.17. The average Bonchev–Trinajstić information content (AvgIpc) is 2.44. The fraction of sp³-hybridized carbons (Fsp3) is 0.533. The largest absolute Gasteiger partial charge is 0.378 e. The molecule has 0 aliphatic carbocycles. The Morgan fingerprint density at radius 3 is 2.90 bits per heavy atom. The van der Waals surface area contributed by atoms with Gasteiger partial charge < -0.3 is 9.64 Å². The first kappa shape index (κ1) is 15.8. The van der Waals surface area contributed by atoms with E-state index < -0.39 is 0 Å². The van der Waals surface area contributed by atoms with Crippen LogP contribution in [0.1, 0.15) is 36.0 Å². The Bertz CT molecular complexity index is 455. The van der Waals surface area contributed by atoms with E-state index >= 15 is 0 Å². The molecule has 0 radical (unpaired) electrons. The number of ether oxygens (including phenoxy) is 1. The van der Waals surface area contributed by atoms with E-state index in [0.717, 1.165) is 30.3 Å². The first-order valence-corrected chi connectivity index (χ1v) is 8.06. The Labute approximate surface area is 133 Å². The van der Waals surface area contributed by atoms with Gasteiger partial charge in [-0.3, -0.25) is 4.79 Å². The minimum Gasteiger partial charge on any atom is -0.378 e. The second-order valence-electron chi connectivity index (χ2n) is 5.16. The molecular formula is C15H19BrClNO2. The molecule has 1 unspecified atom stereocenters. The highest BCUT2D eigenvalue weighted by atomic mass is 79.9. The molecule has 1 heterocycles. The molecule has 110 valence electrons. The fourth-order valence-corrected chi connectivity index (χ4v) is 3.23. The maximum absolute atomic E-state index is 12.3. The van der Waals surface area contributed by atoms with E-state index in [1.807, 2.05) is 7.05 Å². The van der Waals surface area contributed by atoms with E-state index in [1.54, 1.807) is 23.1 Å². The summed E-state index contributed by atoms with van der Waals surface area (Å²) in [6.45, 7) is 1.55. The number of rotatable bonds is 4. The fourth-order valence-electron chi connectivity index (χ4n) is 2.37. The lowest BCUT2D eigenvalue weighted by atomic mass is 10.1. The van der Waals surface area contributed by atoms with Crippen molar-refractivity contribution in [2.45, 2.75) is 31.8 Å². The SMILES string of the molecule is CN(CCC1CCCCO1)C(=O)c1cc(Cl)cc(Br)c1. The Morgan fingerprint density at radius 1 is 1.45 bits per heavy atom. The van der Waals surface area contributed by atoms with Crippen LogP contribution in [0.5, 0.6) is 0 Å². The lowest BCUT2D eigenvalue weighted by molar-refractivity contribution is 0.00709. The standard InChI is InChI=1S/C15H19BrClNO2/c1-18(6-5-14-4-2-3-7-20-14)15(19)11-8-12(16)10-13(17)9-11/h8-10,14H,2-7H2,1H3. The number of benzene rings is 1. The summed E-state index contributed by atoms with van der Waals surface area (Å²) in [5, 5.41) is 0.562. The van der Waals surface area contributed by atoms with Crippen molar-refractivity contribution in [1.29, 1.82) is 0 Å². The summed E-state index contributed by atoms with van der Waals surface area (Å²) in [5.74, 6) is -0.0102. The third-order valence-electron chi connectivity index (χ3n) is 3.52. The minimum absolute atomic E-state index is 0.0102. The maximum atomic E-state index is 12.3. The van der Waals surface area contributed by atoms with Gasteiger partial charge in [0, 0.05) is 35.3 Å². The first-order chi connectivity index (χ1) is 9.56. The predicted octanol–water partition coefficient (Wildman–Crippen LogP) is 4.13. The number of carbonyl (C=O) groups is 1. The highest BCUT2D eigenvalue weighted by Crippen LogP contribution is 2.21. The molecule has 1 amide bonds. The van der Waals surface area contributed by atoms with Gasteiger partial charge >= 0.3 is 0 Å². The van der Waals surface area contributed by atoms with Crippen molar-refractivity contribution in [2.75, 3.05) is 20.2 Å². The van der Waals surface area contributed by atoms with Crippen molar-refractivity contribution >= 4 is 33.4 Å². The zero-order valence-corrected chi connectivity index (χ0v) is 13.9. The molecule has 1 atom stereocenters. The van der Waals surface area contributed by atoms with Gasteiger partial charge in [0.25, 0.3) is 5.91 Å². The molecule has 1 saturated heterocycles. The van der Waals surface area contributed by atoms with Crippen molar-refractivity contribution in [3.63, 3.8) is 0 Å². The van der Waals surface area contributed by atoms with Gasteiger partial charge in [0.1, 0.15) is 0 Å². The second kappa shape index (κ2) is 7.43. The normalized spacial score (nSPS) is 18.9. The van der Waals surface area contributed by atoms with Gasteiger partial charge in [-0.1, -0.05) is 27.5 Å². The zero-order chi connectivity index (χ0) is 14.5. The van der Waals surface area contributed by atoms with Gasteiger partial charge in [-0.15, -0.1) is 0 Å². The number of hydrogen-bond donors (Lipinski definition) is 0. The molecule has 5 heteroatoms. The molecule has 0 spiro atoms. The minimum atomic E-state index is -0.0102. The number of nitrogens with zero attached hydrogens (tertiary/aromatic N) is 1. The summed E-state index contributed by atoms with van der Waals surface area (Å²) in [5.41, 5.74) is 0.608. The van der Waals surface area contributed by atoms with E-state index in [9.17, 15) is 4.79 Å². The summed E-state index contributed by atoms with van der Waals surface area (Å²) in [6, 6.07) is 5.26. The number of carbonyl (C=O) groups excluding carboxylic acids is 1. The van der Waals surface area contributed by atoms with Gasteiger partial charge in [0.2, 0.25) is 0 Å².